The van der Waals surface area contributed by atoms with Crippen molar-refractivity contribution in [3.05, 3.63) is 29.6 Å². The summed E-state index contributed by atoms with van der Waals surface area (Å²) in [5, 5.41) is 0. The molecule has 1 atom stereocenters. The van der Waals surface area contributed by atoms with Gasteiger partial charge in [-0.3, -0.25) is 11.3 Å². The lowest BCUT2D eigenvalue weighted by molar-refractivity contribution is 0.385. The van der Waals surface area contributed by atoms with E-state index in [2.05, 4.69) is 5.43 Å². The average Bonchev–Trinajstić information content (AvgIpc) is 2.30. The van der Waals surface area contributed by atoms with Crippen molar-refractivity contribution in [2.45, 2.75) is 12.5 Å². The van der Waals surface area contributed by atoms with Crippen molar-refractivity contribution in [1.82, 2.24) is 5.43 Å². The van der Waals surface area contributed by atoms with Crippen molar-refractivity contribution in [2.75, 3.05) is 19.1 Å². The zero-order chi connectivity index (χ0) is 12.0. The minimum absolute atomic E-state index is 0.0205. The highest BCUT2D eigenvalue weighted by Crippen LogP contribution is 2.23. The van der Waals surface area contributed by atoms with Crippen LogP contribution in [0.1, 0.15) is 18.0 Å². The maximum atomic E-state index is 13.5. The van der Waals surface area contributed by atoms with Gasteiger partial charge in [0.05, 0.1) is 7.11 Å². The summed E-state index contributed by atoms with van der Waals surface area (Å²) >= 11 is 1.74. The number of ether oxygens (including phenoxy) is 1. The quantitative estimate of drug-likeness (QED) is 0.594. The summed E-state index contributed by atoms with van der Waals surface area (Å²) in [6, 6.07) is 4.89. The first-order valence-electron chi connectivity index (χ1n) is 5.01. The molecule has 0 fully saturated rings. The van der Waals surface area contributed by atoms with Crippen LogP contribution in [0.3, 0.4) is 0 Å². The van der Waals surface area contributed by atoms with Gasteiger partial charge in [0.25, 0.3) is 0 Å². The third kappa shape index (κ3) is 3.37. The molecular formula is C11H17FN2OS. The zero-order valence-electron chi connectivity index (χ0n) is 9.50. The Bertz CT molecular complexity index is 336. The molecule has 0 bridgehead atoms. The van der Waals surface area contributed by atoms with Crippen molar-refractivity contribution < 1.29 is 9.13 Å². The summed E-state index contributed by atoms with van der Waals surface area (Å²) in [6.07, 6.45) is 2.89. The van der Waals surface area contributed by atoms with Crippen LogP contribution in [0.4, 0.5) is 4.39 Å². The van der Waals surface area contributed by atoms with Gasteiger partial charge in [-0.1, -0.05) is 6.07 Å². The number of hydrogen-bond acceptors (Lipinski definition) is 4. The second kappa shape index (κ2) is 6.73. The molecule has 0 heterocycles. The summed E-state index contributed by atoms with van der Waals surface area (Å²) in [6.45, 7) is 0. The Morgan fingerprint density at radius 2 is 2.31 bits per heavy atom. The van der Waals surface area contributed by atoms with Gasteiger partial charge in [-0.05, 0) is 36.1 Å². The topological polar surface area (TPSA) is 47.3 Å². The van der Waals surface area contributed by atoms with E-state index in [1.54, 1.807) is 17.8 Å². The average molecular weight is 244 g/mol. The second-order valence-corrected chi connectivity index (χ2v) is 4.38. The molecular weight excluding hydrogens is 227 g/mol. The number of methoxy groups -OCH3 is 1. The number of hydrogen-bond donors (Lipinski definition) is 2. The minimum Gasteiger partial charge on any atom is -0.494 e. The number of rotatable bonds is 6. The van der Waals surface area contributed by atoms with Gasteiger partial charge in [-0.25, -0.2) is 4.39 Å². The summed E-state index contributed by atoms with van der Waals surface area (Å²) in [5.74, 6) is 6.32. The molecule has 90 valence electrons. The maximum absolute atomic E-state index is 13.5. The van der Waals surface area contributed by atoms with Crippen molar-refractivity contribution in [3.63, 3.8) is 0 Å². The Morgan fingerprint density at radius 3 is 2.81 bits per heavy atom. The molecule has 1 rings (SSSR count). The van der Waals surface area contributed by atoms with Crippen molar-refractivity contribution >= 4 is 11.8 Å². The Labute approximate surface area is 99.5 Å². The number of hydrazine groups is 1. The van der Waals surface area contributed by atoms with Gasteiger partial charge in [0, 0.05) is 6.04 Å². The molecule has 0 aliphatic carbocycles. The number of nitrogens with one attached hydrogen (secondary N) is 1. The van der Waals surface area contributed by atoms with E-state index in [1.807, 2.05) is 12.3 Å². The van der Waals surface area contributed by atoms with Gasteiger partial charge in [0.2, 0.25) is 0 Å². The third-order valence-electron chi connectivity index (χ3n) is 2.39. The number of nitrogens with two attached hydrogens (primary N) is 1. The van der Waals surface area contributed by atoms with Crippen LogP contribution < -0.4 is 16.0 Å². The lowest BCUT2D eigenvalue weighted by Crippen LogP contribution is -2.28. The lowest BCUT2D eigenvalue weighted by Gasteiger charge is -2.16. The maximum Gasteiger partial charge on any atom is 0.165 e. The van der Waals surface area contributed by atoms with Crippen LogP contribution in [-0.2, 0) is 0 Å². The van der Waals surface area contributed by atoms with Crippen LogP contribution in [-0.4, -0.2) is 19.1 Å². The lowest BCUT2D eigenvalue weighted by atomic mass is 10.0. The molecule has 0 saturated carbocycles. The van der Waals surface area contributed by atoms with E-state index in [-0.39, 0.29) is 17.6 Å². The molecule has 1 aromatic carbocycles. The molecule has 0 aromatic heterocycles. The Balaban J connectivity index is 2.80. The fourth-order valence-corrected chi connectivity index (χ4v) is 1.95. The SMILES string of the molecule is COc1ccc(C(CCSC)NN)cc1F. The van der Waals surface area contributed by atoms with E-state index in [9.17, 15) is 4.39 Å². The van der Waals surface area contributed by atoms with Gasteiger partial charge in [-0.2, -0.15) is 11.8 Å². The van der Waals surface area contributed by atoms with Crippen molar-refractivity contribution in [3.8, 4) is 5.75 Å². The van der Waals surface area contributed by atoms with E-state index < -0.39 is 0 Å². The van der Waals surface area contributed by atoms with Crippen molar-refractivity contribution in [2.24, 2.45) is 5.84 Å². The van der Waals surface area contributed by atoms with Gasteiger partial charge in [-0.15, -0.1) is 0 Å². The monoisotopic (exact) mass is 244 g/mol. The fourth-order valence-electron chi connectivity index (χ4n) is 1.48. The Hall–Kier alpha value is -0.780. The number of benzene rings is 1. The number of thioether (sulfide) groups is 1. The first-order valence-corrected chi connectivity index (χ1v) is 6.40. The molecule has 0 spiro atoms. The summed E-state index contributed by atoms with van der Waals surface area (Å²) in [5.41, 5.74) is 3.54. The van der Waals surface area contributed by atoms with E-state index >= 15 is 0 Å². The largest absolute Gasteiger partial charge is 0.494 e. The number of halogens is 1. The molecule has 0 radical (unpaired) electrons. The van der Waals surface area contributed by atoms with Gasteiger partial charge >= 0.3 is 0 Å². The molecule has 3 N–H and O–H groups in total. The highest BCUT2D eigenvalue weighted by Gasteiger charge is 2.12. The summed E-state index contributed by atoms with van der Waals surface area (Å²) in [7, 11) is 1.45. The highest BCUT2D eigenvalue weighted by atomic mass is 32.2. The van der Waals surface area contributed by atoms with Crippen LogP contribution >= 0.6 is 11.8 Å². The molecule has 0 saturated heterocycles. The van der Waals surface area contributed by atoms with Crippen LogP contribution in [0.15, 0.2) is 18.2 Å². The normalized spacial score (nSPS) is 12.5. The minimum atomic E-state index is -0.357. The van der Waals surface area contributed by atoms with Crippen LogP contribution in [0.2, 0.25) is 0 Å². The molecule has 1 aromatic rings. The second-order valence-electron chi connectivity index (χ2n) is 3.39. The summed E-state index contributed by atoms with van der Waals surface area (Å²) < 4.78 is 18.3. The smallest absolute Gasteiger partial charge is 0.165 e. The van der Waals surface area contributed by atoms with Crippen molar-refractivity contribution in [1.29, 1.82) is 0 Å². The first kappa shape index (κ1) is 13.3. The van der Waals surface area contributed by atoms with E-state index in [0.717, 1.165) is 17.7 Å². The van der Waals surface area contributed by atoms with Gasteiger partial charge < -0.3 is 4.74 Å². The molecule has 1 unspecified atom stereocenters. The fraction of sp³-hybridized carbons (Fsp3) is 0.455. The van der Waals surface area contributed by atoms with E-state index in [4.69, 9.17) is 10.6 Å². The molecule has 0 amide bonds. The highest BCUT2D eigenvalue weighted by molar-refractivity contribution is 7.98. The summed E-state index contributed by atoms with van der Waals surface area (Å²) in [4.78, 5) is 0. The Kier molecular flexibility index (Phi) is 5.59. The molecule has 3 nitrogen and oxygen atoms in total. The molecule has 16 heavy (non-hydrogen) atoms. The predicted molar refractivity (Wildman–Crippen MR) is 66.0 cm³/mol. The van der Waals surface area contributed by atoms with Crippen LogP contribution in [0, 0.1) is 5.82 Å². The molecule has 0 aliphatic rings. The molecule has 5 heteroatoms. The molecule has 0 aliphatic heterocycles. The van der Waals surface area contributed by atoms with Gasteiger partial charge in [0.15, 0.2) is 11.6 Å². The van der Waals surface area contributed by atoms with E-state index in [1.165, 1.54) is 13.2 Å². The Morgan fingerprint density at radius 1 is 1.56 bits per heavy atom. The van der Waals surface area contributed by atoms with E-state index in [0.29, 0.717) is 0 Å². The van der Waals surface area contributed by atoms with Crippen LogP contribution in [0.25, 0.3) is 0 Å². The predicted octanol–water partition coefficient (Wildman–Crippen LogP) is 2.09. The van der Waals surface area contributed by atoms with Gasteiger partial charge in [0.1, 0.15) is 0 Å². The van der Waals surface area contributed by atoms with Crippen LogP contribution in [0.5, 0.6) is 5.75 Å². The third-order valence-corrected chi connectivity index (χ3v) is 3.03. The first-order chi connectivity index (χ1) is 7.72. The standard InChI is InChI=1S/C11H17FN2OS/c1-15-11-4-3-8(7-9(11)12)10(14-13)5-6-16-2/h3-4,7,10,14H,5-6,13H2,1-2H3. The zero-order valence-corrected chi connectivity index (χ0v) is 10.3.